The smallest absolute Gasteiger partial charge is 0.164 e. The lowest BCUT2D eigenvalue weighted by molar-refractivity contribution is 0.0971. The van der Waals surface area contributed by atoms with Gasteiger partial charge in [-0.15, -0.1) is 0 Å². The first-order valence-corrected chi connectivity index (χ1v) is 7.03. The number of benzene rings is 1. The van der Waals surface area contributed by atoms with Gasteiger partial charge < -0.3 is 4.57 Å². The zero-order valence-corrected chi connectivity index (χ0v) is 11.7. The first kappa shape index (κ1) is 12.5. The topological polar surface area (TPSA) is 22.0 Å². The molecule has 0 saturated carbocycles. The Morgan fingerprint density at radius 2 is 1.89 bits per heavy atom. The van der Waals surface area contributed by atoms with Crippen LogP contribution in [0.5, 0.6) is 0 Å². The van der Waals surface area contributed by atoms with Crippen LogP contribution >= 0.6 is 11.6 Å². The van der Waals surface area contributed by atoms with Crippen LogP contribution < -0.4 is 0 Å². The third kappa shape index (κ3) is 2.21. The van der Waals surface area contributed by atoms with E-state index in [1.807, 2.05) is 36.5 Å². The van der Waals surface area contributed by atoms with Gasteiger partial charge in [-0.2, -0.15) is 0 Å². The molecule has 1 unspecified atom stereocenters. The number of hydrogen-bond acceptors (Lipinski definition) is 1. The number of hydrogen-bond donors (Lipinski definition) is 0. The molecular formula is C16H16ClNO. The molecule has 3 rings (SSSR count). The van der Waals surface area contributed by atoms with Crippen molar-refractivity contribution in [1.29, 1.82) is 0 Å². The van der Waals surface area contributed by atoms with E-state index in [1.54, 1.807) is 0 Å². The molecule has 0 aliphatic heterocycles. The number of rotatable bonds is 2. The molecule has 0 amide bonds. The van der Waals surface area contributed by atoms with Crippen molar-refractivity contribution in [2.45, 2.75) is 32.2 Å². The van der Waals surface area contributed by atoms with E-state index in [4.69, 9.17) is 11.6 Å². The van der Waals surface area contributed by atoms with E-state index in [1.165, 1.54) is 11.3 Å². The highest BCUT2D eigenvalue weighted by molar-refractivity contribution is 6.30. The van der Waals surface area contributed by atoms with Crippen molar-refractivity contribution >= 4 is 17.4 Å². The second-order valence-corrected chi connectivity index (χ2v) is 5.52. The molecule has 1 aliphatic rings. The fourth-order valence-corrected chi connectivity index (χ4v) is 2.94. The molecule has 0 radical (unpaired) electrons. The van der Waals surface area contributed by atoms with Crippen molar-refractivity contribution in [2.24, 2.45) is 0 Å². The molecular weight excluding hydrogens is 258 g/mol. The summed E-state index contributed by atoms with van der Waals surface area (Å²) in [6, 6.07) is 10.1. The van der Waals surface area contributed by atoms with Crippen molar-refractivity contribution in [3.05, 3.63) is 58.4 Å². The van der Waals surface area contributed by atoms with Crippen LogP contribution in [0, 0.1) is 0 Å². The predicted molar refractivity (Wildman–Crippen MR) is 77.0 cm³/mol. The van der Waals surface area contributed by atoms with Gasteiger partial charge in [0.1, 0.15) is 0 Å². The molecule has 1 aromatic carbocycles. The molecule has 0 N–H and O–H groups in total. The van der Waals surface area contributed by atoms with Crippen LogP contribution in [0.3, 0.4) is 0 Å². The van der Waals surface area contributed by atoms with Crippen LogP contribution in [0.4, 0.5) is 0 Å². The van der Waals surface area contributed by atoms with Crippen molar-refractivity contribution in [1.82, 2.24) is 4.57 Å². The van der Waals surface area contributed by atoms with E-state index in [-0.39, 0.29) is 11.8 Å². The summed E-state index contributed by atoms with van der Waals surface area (Å²) in [6.07, 6.45) is 4.68. The van der Waals surface area contributed by atoms with Crippen LogP contribution in [0.1, 0.15) is 47.4 Å². The molecule has 1 aromatic heterocycles. The molecule has 19 heavy (non-hydrogen) atoms. The third-order valence-electron chi connectivity index (χ3n) is 3.91. The lowest BCUT2D eigenvalue weighted by Crippen LogP contribution is -2.15. The highest BCUT2D eigenvalue weighted by atomic mass is 35.5. The van der Waals surface area contributed by atoms with E-state index < -0.39 is 0 Å². The molecule has 0 spiro atoms. The number of nitrogens with zero attached hydrogens (tertiary/aromatic N) is 1. The second kappa shape index (κ2) is 4.86. The van der Waals surface area contributed by atoms with Crippen LogP contribution in [-0.2, 0) is 6.42 Å². The van der Waals surface area contributed by atoms with Gasteiger partial charge in [-0.3, -0.25) is 4.79 Å². The van der Waals surface area contributed by atoms with Gasteiger partial charge in [-0.1, -0.05) is 23.7 Å². The predicted octanol–water partition coefficient (Wildman–Crippen LogP) is 4.27. The Morgan fingerprint density at radius 1 is 1.16 bits per heavy atom. The highest BCUT2D eigenvalue weighted by Gasteiger charge is 2.22. The van der Waals surface area contributed by atoms with Gasteiger partial charge in [0.2, 0.25) is 0 Å². The summed E-state index contributed by atoms with van der Waals surface area (Å²) in [5.74, 6) is 0.281. The number of Topliss-reactive ketones (excluding diaryl/α,β-unsaturated/α-hetero) is 1. The minimum atomic E-state index is 0.229. The molecule has 1 atom stereocenters. The van der Waals surface area contributed by atoms with Gasteiger partial charge in [0.25, 0.3) is 0 Å². The van der Waals surface area contributed by atoms with Crippen LogP contribution in [-0.4, -0.2) is 10.4 Å². The summed E-state index contributed by atoms with van der Waals surface area (Å²) < 4.78 is 2.22. The average Bonchev–Trinajstić information content (AvgIpc) is 2.84. The Labute approximate surface area is 118 Å². The molecule has 0 saturated heterocycles. The van der Waals surface area contributed by atoms with Crippen molar-refractivity contribution in [3.63, 3.8) is 0 Å². The molecule has 98 valence electrons. The van der Waals surface area contributed by atoms with Crippen LogP contribution in [0.25, 0.3) is 0 Å². The zero-order valence-electron chi connectivity index (χ0n) is 10.9. The maximum atomic E-state index is 11.9. The Hall–Kier alpha value is -1.54. The largest absolute Gasteiger partial charge is 0.344 e. The molecule has 3 heteroatoms. The van der Waals surface area contributed by atoms with E-state index in [0.29, 0.717) is 6.42 Å². The highest BCUT2D eigenvalue weighted by Crippen LogP contribution is 2.28. The molecule has 0 bridgehead atoms. The summed E-state index contributed by atoms with van der Waals surface area (Å²) in [5, 5.41) is 0.751. The normalized spacial score (nSPS) is 16.2. The van der Waals surface area contributed by atoms with E-state index in [0.717, 1.165) is 23.4 Å². The van der Waals surface area contributed by atoms with E-state index in [2.05, 4.69) is 11.5 Å². The lowest BCUT2D eigenvalue weighted by Gasteiger charge is -2.21. The van der Waals surface area contributed by atoms with Gasteiger partial charge in [-0.05, 0) is 43.5 Å². The number of fused-ring (bicyclic) bond motifs is 1. The van der Waals surface area contributed by atoms with Crippen LogP contribution in [0.15, 0.2) is 36.5 Å². The molecule has 0 fully saturated rings. The van der Waals surface area contributed by atoms with Crippen molar-refractivity contribution in [3.8, 4) is 0 Å². The number of carbonyl (C=O) groups excluding carboxylic acids is 1. The fraction of sp³-hybridized carbons (Fsp3) is 0.312. The Morgan fingerprint density at radius 3 is 2.63 bits per heavy atom. The first-order valence-electron chi connectivity index (χ1n) is 6.65. The lowest BCUT2D eigenvalue weighted by atomic mass is 9.96. The van der Waals surface area contributed by atoms with Gasteiger partial charge in [-0.25, -0.2) is 0 Å². The van der Waals surface area contributed by atoms with E-state index >= 15 is 0 Å². The number of ketones is 1. The minimum Gasteiger partial charge on any atom is -0.344 e. The van der Waals surface area contributed by atoms with Gasteiger partial charge >= 0.3 is 0 Å². The average molecular weight is 274 g/mol. The molecule has 1 heterocycles. The summed E-state index contributed by atoms with van der Waals surface area (Å²) in [6.45, 7) is 2.16. The molecule has 2 nitrogen and oxygen atoms in total. The maximum absolute atomic E-state index is 11.9. The Balaban J connectivity index is 1.98. The number of aromatic nitrogens is 1. The Bertz CT molecular complexity index is 612. The van der Waals surface area contributed by atoms with Gasteiger partial charge in [0, 0.05) is 28.9 Å². The van der Waals surface area contributed by atoms with Crippen LogP contribution in [0.2, 0.25) is 5.02 Å². The number of carbonyl (C=O) groups is 1. The zero-order chi connectivity index (χ0) is 13.4. The van der Waals surface area contributed by atoms with E-state index in [9.17, 15) is 4.79 Å². The van der Waals surface area contributed by atoms with Crippen molar-refractivity contribution < 1.29 is 4.79 Å². The summed E-state index contributed by atoms with van der Waals surface area (Å²) in [7, 11) is 0. The monoisotopic (exact) mass is 273 g/mol. The summed E-state index contributed by atoms with van der Waals surface area (Å²) in [4.78, 5) is 11.9. The van der Waals surface area contributed by atoms with Crippen molar-refractivity contribution in [2.75, 3.05) is 0 Å². The summed E-state index contributed by atoms with van der Waals surface area (Å²) >= 11 is 5.92. The molecule has 1 aliphatic carbocycles. The second-order valence-electron chi connectivity index (χ2n) is 5.09. The first-order chi connectivity index (χ1) is 9.16. The SMILES string of the molecule is CC(c1ccc(Cl)cc1)n1ccc2c1CCCC2=O. The van der Waals surface area contributed by atoms with Gasteiger partial charge in [0.15, 0.2) is 5.78 Å². The maximum Gasteiger partial charge on any atom is 0.164 e. The quantitative estimate of drug-likeness (QED) is 0.801. The minimum absolute atomic E-state index is 0.229. The number of halogens is 1. The Kier molecular flexibility index (Phi) is 3.19. The summed E-state index contributed by atoms with van der Waals surface area (Å²) in [5.41, 5.74) is 3.30. The standard InChI is InChI=1S/C16H16ClNO/c1-11(12-5-7-13(17)8-6-12)18-10-9-14-15(18)3-2-4-16(14)19/h5-11H,2-4H2,1H3. The third-order valence-corrected chi connectivity index (χ3v) is 4.16. The molecule has 2 aromatic rings. The van der Waals surface area contributed by atoms with Gasteiger partial charge in [0.05, 0.1) is 6.04 Å². The fourth-order valence-electron chi connectivity index (χ4n) is 2.81.